The summed E-state index contributed by atoms with van der Waals surface area (Å²) < 4.78 is 10.7. The number of ether oxygens (including phenoxy) is 2. The summed E-state index contributed by atoms with van der Waals surface area (Å²) >= 11 is 1.42. The van der Waals surface area contributed by atoms with Crippen molar-refractivity contribution >= 4 is 22.9 Å². The Labute approximate surface area is 168 Å². The largest absolute Gasteiger partial charge is 0.493 e. The highest BCUT2D eigenvalue weighted by Gasteiger charge is 2.33. The van der Waals surface area contributed by atoms with Crippen LogP contribution < -0.4 is 14.4 Å². The number of thiazole rings is 1. The average molecular weight is 394 g/mol. The van der Waals surface area contributed by atoms with Crippen LogP contribution in [0.3, 0.4) is 0 Å². The third kappa shape index (κ3) is 3.03. The Morgan fingerprint density at radius 1 is 1.14 bits per heavy atom. The summed E-state index contributed by atoms with van der Waals surface area (Å²) in [5.74, 6) is 1.32. The fourth-order valence-corrected chi connectivity index (χ4v) is 4.67. The molecule has 1 aliphatic rings. The van der Waals surface area contributed by atoms with Crippen molar-refractivity contribution in [2.75, 3.05) is 19.1 Å². The normalized spacial score (nSPS) is 15.4. The van der Waals surface area contributed by atoms with Gasteiger partial charge in [0.2, 0.25) is 0 Å². The van der Waals surface area contributed by atoms with Crippen LogP contribution in [0.15, 0.2) is 42.5 Å². The van der Waals surface area contributed by atoms with Gasteiger partial charge in [0.15, 0.2) is 11.5 Å². The van der Waals surface area contributed by atoms with Crippen molar-refractivity contribution in [1.82, 2.24) is 4.98 Å². The number of hydrogen-bond acceptors (Lipinski definition) is 5. The molecule has 0 bridgehead atoms. The van der Waals surface area contributed by atoms with Gasteiger partial charge in [0, 0.05) is 17.3 Å². The van der Waals surface area contributed by atoms with E-state index in [-0.39, 0.29) is 11.9 Å². The lowest BCUT2D eigenvalue weighted by atomic mass is 10.1. The first kappa shape index (κ1) is 18.5. The Hall–Kier alpha value is -2.86. The zero-order chi connectivity index (χ0) is 19.8. The number of rotatable bonds is 4. The minimum absolute atomic E-state index is 0.0131. The Kier molecular flexibility index (Phi) is 4.81. The van der Waals surface area contributed by atoms with E-state index in [1.165, 1.54) is 16.9 Å². The molecular formula is C22H22N2O3S. The van der Waals surface area contributed by atoms with Crippen molar-refractivity contribution in [3.8, 4) is 22.1 Å². The lowest BCUT2D eigenvalue weighted by Crippen LogP contribution is -2.35. The van der Waals surface area contributed by atoms with E-state index >= 15 is 0 Å². The number of benzene rings is 2. The molecule has 0 saturated heterocycles. The van der Waals surface area contributed by atoms with E-state index in [2.05, 4.69) is 18.0 Å². The van der Waals surface area contributed by atoms with Crippen molar-refractivity contribution in [2.45, 2.75) is 26.3 Å². The lowest BCUT2D eigenvalue weighted by Gasteiger charge is -2.22. The van der Waals surface area contributed by atoms with Gasteiger partial charge in [0.1, 0.15) is 9.88 Å². The predicted molar refractivity (Wildman–Crippen MR) is 112 cm³/mol. The smallest absolute Gasteiger partial charge is 0.270 e. The van der Waals surface area contributed by atoms with Crippen LogP contribution in [-0.4, -0.2) is 31.2 Å². The zero-order valence-electron chi connectivity index (χ0n) is 16.4. The zero-order valence-corrected chi connectivity index (χ0v) is 17.2. The Morgan fingerprint density at radius 2 is 1.89 bits per heavy atom. The quantitative estimate of drug-likeness (QED) is 0.642. The summed E-state index contributed by atoms with van der Waals surface area (Å²) in [5, 5.41) is 0.793. The number of amides is 1. The summed E-state index contributed by atoms with van der Waals surface area (Å²) in [6.07, 6.45) is 0.877. The molecular weight excluding hydrogens is 372 g/mol. The fraction of sp³-hybridized carbons (Fsp3) is 0.273. The van der Waals surface area contributed by atoms with Crippen LogP contribution in [0.5, 0.6) is 11.5 Å². The van der Waals surface area contributed by atoms with Crippen molar-refractivity contribution in [1.29, 1.82) is 0 Å². The first-order valence-corrected chi connectivity index (χ1v) is 9.96. The van der Waals surface area contributed by atoms with Crippen LogP contribution in [0.2, 0.25) is 0 Å². The maximum atomic E-state index is 13.4. The Bertz CT molecular complexity index is 1040. The van der Waals surface area contributed by atoms with Gasteiger partial charge in [-0.25, -0.2) is 4.98 Å². The molecule has 5 nitrogen and oxygen atoms in total. The SMILES string of the molecule is COc1ccc(-c2nc(C)c(C(=O)N3c4ccccc4CC3C)s2)cc1OC. The average Bonchev–Trinajstić information content (AvgIpc) is 3.26. The number of carbonyl (C=O) groups is 1. The molecule has 4 rings (SSSR count). The molecule has 1 atom stereocenters. The molecule has 0 saturated carbocycles. The molecule has 0 fully saturated rings. The van der Waals surface area contributed by atoms with Crippen molar-refractivity contribution in [3.63, 3.8) is 0 Å². The first-order chi connectivity index (χ1) is 13.5. The number of aromatic nitrogens is 1. The molecule has 0 radical (unpaired) electrons. The second-order valence-corrected chi connectivity index (χ2v) is 7.86. The summed E-state index contributed by atoms with van der Waals surface area (Å²) in [6.45, 7) is 3.98. The molecule has 0 N–H and O–H groups in total. The summed E-state index contributed by atoms with van der Waals surface area (Å²) in [4.78, 5) is 20.6. The van der Waals surface area contributed by atoms with Crippen LogP contribution in [0.1, 0.15) is 27.9 Å². The van der Waals surface area contributed by atoms with E-state index in [1.54, 1.807) is 14.2 Å². The first-order valence-electron chi connectivity index (χ1n) is 9.14. The minimum atomic E-state index is 0.0131. The molecule has 6 heteroatoms. The van der Waals surface area contributed by atoms with Crippen LogP contribution in [-0.2, 0) is 6.42 Å². The molecule has 2 heterocycles. The highest BCUT2D eigenvalue weighted by atomic mass is 32.1. The monoisotopic (exact) mass is 394 g/mol. The van der Waals surface area contributed by atoms with E-state index in [4.69, 9.17) is 9.47 Å². The molecule has 0 spiro atoms. The number of para-hydroxylation sites is 1. The molecule has 144 valence electrons. The third-order valence-corrected chi connectivity index (χ3v) is 6.24. The van der Waals surface area contributed by atoms with Crippen molar-refractivity contribution in [2.24, 2.45) is 0 Å². The standard InChI is InChI=1S/C22H22N2O3S/c1-13-11-15-7-5-6-8-17(15)24(13)22(25)20-14(2)23-21(28-20)16-9-10-18(26-3)19(12-16)27-4/h5-10,12-13H,11H2,1-4H3. The van der Waals surface area contributed by atoms with Gasteiger partial charge in [0.25, 0.3) is 5.91 Å². The van der Waals surface area contributed by atoms with E-state index in [1.807, 2.05) is 48.2 Å². The van der Waals surface area contributed by atoms with E-state index < -0.39 is 0 Å². The third-order valence-electron chi connectivity index (χ3n) is 5.05. The van der Waals surface area contributed by atoms with Gasteiger partial charge in [-0.2, -0.15) is 0 Å². The number of methoxy groups -OCH3 is 2. The summed E-state index contributed by atoms with van der Waals surface area (Å²) in [7, 11) is 3.22. The molecule has 0 aliphatic carbocycles. The highest BCUT2D eigenvalue weighted by Crippen LogP contribution is 2.38. The van der Waals surface area contributed by atoms with Gasteiger partial charge in [-0.1, -0.05) is 18.2 Å². The Morgan fingerprint density at radius 3 is 2.64 bits per heavy atom. The van der Waals surface area contributed by atoms with Gasteiger partial charge >= 0.3 is 0 Å². The molecule has 3 aromatic rings. The van der Waals surface area contributed by atoms with Gasteiger partial charge in [0.05, 0.1) is 19.9 Å². The van der Waals surface area contributed by atoms with Crippen LogP contribution in [0.25, 0.3) is 10.6 Å². The predicted octanol–water partition coefficient (Wildman–Crippen LogP) is 4.73. The summed E-state index contributed by atoms with van der Waals surface area (Å²) in [6, 6.07) is 13.9. The van der Waals surface area contributed by atoms with Crippen molar-refractivity contribution in [3.05, 3.63) is 58.6 Å². The van der Waals surface area contributed by atoms with E-state index in [0.717, 1.165) is 28.4 Å². The Balaban J connectivity index is 1.70. The number of hydrogen-bond donors (Lipinski definition) is 0. The van der Waals surface area contributed by atoms with E-state index in [9.17, 15) is 4.79 Å². The summed E-state index contributed by atoms with van der Waals surface area (Å²) in [5.41, 5.74) is 3.86. The molecule has 1 aliphatic heterocycles. The molecule has 1 amide bonds. The highest BCUT2D eigenvalue weighted by molar-refractivity contribution is 7.17. The lowest BCUT2D eigenvalue weighted by molar-refractivity contribution is 0.0984. The number of aryl methyl sites for hydroxylation is 1. The maximum absolute atomic E-state index is 13.4. The van der Waals surface area contributed by atoms with E-state index in [0.29, 0.717) is 16.4 Å². The van der Waals surface area contributed by atoms with Gasteiger partial charge in [-0.3, -0.25) is 4.79 Å². The number of anilines is 1. The maximum Gasteiger partial charge on any atom is 0.270 e. The molecule has 2 aromatic carbocycles. The molecule has 28 heavy (non-hydrogen) atoms. The van der Waals surface area contributed by atoms with Crippen LogP contribution in [0, 0.1) is 6.92 Å². The number of fused-ring (bicyclic) bond motifs is 1. The minimum Gasteiger partial charge on any atom is -0.493 e. The number of nitrogens with zero attached hydrogens (tertiary/aromatic N) is 2. The second-order valence-electron chi connectivity index (χ2n) is 6.86. The second kappa shape index (κ2) is 7.28. The topological polar surface area (TPSA) is 51.7 Å². The van der Waals surface area contributed by atoms with Crippen LogP contribution >= 0.6 is 11.3 Å². The fourth-order valence-electron chi connectivity index (χ4n) is 3.67. The molecule has 1 unspecified atom stereocenters. The van der Waals surface area contributed by atoms with Crippen LogP contribution in [0.4, 0.5) is 5.69 Å². The number of carbonyl (C=O) groups excluding carboxylic acids is 1. The van der Waals surface area contributed by atoms with Crippen molar-refractivity contribution < 1.29 is 14.3 Å². The van der Waals surface area contributed by atoms with Gasteiger partial charge < -0.3 is 14.4 Å². The van der Waals surface area contributed by atoms with Gasteiger partial charge in [-0.05, 0) is 50.1 Å². The molecule has 1 aromatic heterocycles. The van der Waals surface area contributed by atoms with Gasteiger partial charge in [-0.15, -0.1) is 11.3 Å².